The maximum absolute atomic E-state index is 12.4. The van der Waals surface area contributed by atoms with Crippen molar-refractivity contribution in [2.24, 2.45) is 0 Å². The van der Waals surface area contributed by atoms with Gasteiger partial charge in [-0.3, -0.25) is 4.79 Å². The molecule has 8 nitrogen and oxygen atoms in total. The smallest absolute Gasteiger partial charge is 0.255 e. The summed E-state index contributed by atoms with van der Waals surface area (Å²) in [6.07, 6.45) is 0. The van der Waals surface area contributed by atoms with Crippen molar-refractivity contribution in [2.75, 3.05) is 19.8 Å². The molecule has 0 aliphatic carbocycles. The van der Waals surface area contributed by atoms with Gasteiger partial charge in [0.1, 0.15) is 12.4 Å². The van der Waals surface area contributed by atoms with Gasteiger partial charge in [-0.2, -0.15) is 4.52 Å². The summed E-state index contributed by atoms with van der Waals surface area (Å²) in [7, 11) is 0. The number of nitrogens with one attached hydrogen (secondary N) is 1. The Bertz CT molecular complexity index is 1210. The molecule has 1 amide bonds. The van der Waals surface area contributed by atoms with Gasteiger partial charge in [0.25, 0.3) is 5.91 Å². The van der Waals surface area contributed by atoms with Gasteiger partial charge >= 0.3 is 0 Å². The minimum absolute atomic E-state index is 0.226. The molecule has 4 rings (SSSR count). The highest BCUT2D eigenvalue weighted by molar-refractivity contribution is 6.33. The zero-order valence-electron chi connectivity index (χ0n) is 16.8. The van der Waals surface area contributed by atoms with E-state index >= 15 is 0 Å². The average molecular weight is 438 g/mol. The van der Waals surface area contributed by atoms with Crippen molar-refractivity contribution in [1.82, 2.24) is 25.1 Å². The van der Waals surface area contributed by atoms with Crippen molar-refractivity contribution in [2.45, 2.75) is 6.92 Å². The summed E-state index contributed by atoms with van der Waals surface area (Å²) < 4.78 is 12.8. The average Bonchev–Trinajstić information content (AvgIpc) is 3.20. The normalized spacial score (nSPS) is 10.8. The van der Waals surface area contributed by atoms with Crippen LogP contribution in [0.5, 0.6) is 11.6 Å². The fourth-order valence-electron chi connectivity index (χ4n) is 3.01. The van der Waals surface area contributed by atoms with Crippen LogP contribution in [0.4, 0.5) is 0 Å². The van der Waals surface area contributed by atoms with Gasteiger partial charge in [-0.1, -0.05) is 35.9 Å². The molecular formula is C22H20ClN5O3. The monoisotopic (exact) mass is 437 g/mol. The van der Waals surface area contributed by atoms with Crippen molar-refractivity contribution in [3.05, 3.63) is 71.2 Å². The largest absolute Gasteiger partial charge is 0.493 e. The molecule has 0 saturated heterocycles. The molecule has 158 valence electrons. The highest BCUT2D eigenvalue weighted by Crippen LogP contribution is 2.26. The molecular weight excluding hydrogens is 418 g/mol. The van der Waals surface area contributed by atoms with Crippen molar-refractivity contribution in [1.29, 1.82) is 0 Å². The predicted molar refractivity (Wildman–Crippen MR) is 117 cm³/mol. The number of fused-ring (bicyclic) bond motifs is 1. The van der Waals surface area contributed by atoms with E-state index in [4.69, 9.17) is 21.1 Å². The summed E-state index contributed by atoms with van der Waals surface area (Å²) in [6, 6.07) is 17.9. The Balaban J connectivity index is 1.40. The number of carbonyl (C=O) groups is 1. The van der Waals surface area contributed by atoms with Crippen LogP contribution in [0.25, 0.3) is 17.0 Å². The number of hydrogen-bond acceptors (Lipinski definition) is 6. The van der Waals surface area contributed by atoms with Gasteiger partial charge in [-0.15, -0.1) is 15.3 Å². The molecule has 0 saturated carbocycles. The van der Waals surface area contributed by atoms with Crippen LogP contribution in [0.1, 0.15) is 17.3 Å². The first kappa shape index (κ1) is 20.6. The zero-order valence-corrected chi connectivity index (χ0v) is 17.5. The molecule has 0 unspecified atom stereocenters. The van der Waals surface area contributed by atoms with Crippen molar-refractivity contribution in [3.8, 4) is 23.0 Å². The third kappa shape index (κ3) is 4.59. The van der Waals surface area contributed by atoms with E-state index in [-0.39, 0.29) is 12.5 Å². The summed E-state index contributed by atoms with van der Waals surface area (Å²) in [4.78, 5) is 12.4. The third-order valence-corrected chi connectivity index (χ3v) is 4.75. The van der Waals surface area contributed by atoms with Crippen LogP contribution < -0.4 is 14.8 Å². The second kappa shape index (κ2) is 9.44. The molecule has 0 aliphatic heterocycles. The van der Waals surface area contributed by atoms with E-state index in [0.29, 0.717) is 46.8 Å². The lowest BCUT2D eigenvalue weighted by Gasteiger charge is -2.11. The Hall–Kier alpha value is -3.65. The molecule has 2 heterocycles. The molecule has 0 aliphatic rings. The molecule has 0 fully saturated rings. The zero-order chi connectivity index (χ0) is 21.6. The second-order valence-electron chi connectivity index (χ2n) is 6.48. The number of nitrogens with zero attached hydrogens (tertiary/aromatic N) is 4. The summed E-state index contributed by atoms with van der Waals surface area (Å²) in [6.45, 7) is 2.91. The maximum atomic E-state index is 12.4. The Kier molecular flexibility index (Phi) is 6.28. The summed E-state index contributed by atoms with van der Waals surface area (Å²) in [5.41, 5.74) is 1.78. The van der Waals surface area contributed by atoms with Crippen LogP contribution in [-0.2, 0) is 0 Å². The minimum atomic E-state index is -0.226. The number of aromatic nitrogens is 4. The number of ether oxygens (including phenoxy) is 2. The number of halogens is 1. The van der Waals surface area contributed by atoms with E-state index in [1.165, 1.54) is 0 Å². The first-order chi connectivity index (χ1) is 15.2. The Morgan fingerprint density at radius 2 is 1.84 bits per heavy atom. The SMILES string of the molecule is CCOc1ccccc1C(=O)NCCOc1ccc2nnc(-c3ccccc3Cl)n2n1. The van der Waals surface area contributed by atoms with E-state index in [0.717, 1.165) is 5.56 Å². The Labute approximate surface area is 183 Å². The van der Waals surface area contributed by atoms with Gasteiger partial charge in [0.2, 0.25) is 5.88 Å². The molecule has 0 bridgehead atoms. The van der Waals surface area contributed by atoms with E-state index in [2.05, 4.69) is 20.6 Å². The van der Waals surface area contributed by atoms with E-state index in [9.17, 15) is 4.79 Å². The second-order valence-corrected chi connectivity index (χ2v) is 6.89. The number of rotatable bonds is 8. The van der Waals surface area contributed by atoms with Gasteiger partial charge < -0.3 is 14.8 Å². The lowest BCUT2D eigenvalue weighted by atomic mass is 10.2. The first-order valence-corrected chi connectivity index (χ1v) is 10.2. The molecule has 9 heteroatoms. The highest BCUT2D eigenvalue weighted by Gasteiger charge is 2.14. The minimum Gasteiger partial charge on any atom is -0.493 e. The van der Waals surface area contributed by atoms with Crippen LogP contribution in [0.2, 0.25) is 5.02 Å². The van der Waals surface area contributed by atoms with Gasteiger partial charge in [-0.25, -0.2) is 0 Å². The van der Waals surface area contributed by atoms with Crippen molar-refractivity contribution < 1.29 is 14.3 Å². The molecule has 2 aromatic carbocycles. The molecule has 31 heavy (non-hydrogen) atoms. The van der Waals surface area contributed by atoms with E-state index in [1.54, 1.807) is 40.9 Å². The van der Waals surface area contributed by atoms with Gasteiger partial charge in [-0.05, 0) is 37.3 Å². The van der Waals surface area contributed by atoms with Crippen LogP contribution in [-0.4, -0.2) is 45.5 Å². The fraction of sp³-hybridized carbons (Fsp3) is 0.182. The quantitative estimate of drug-likeness (QED) is 0.423. The van der Waals surface area contributed by atoms with E-state index in [1.807, 2.05) is 31.2 Å². The Morgan fingerprint density at radius 1 is 1.03 bits per heavy atom. The number of para-hydroxylation sites is 1. The number of carbonyl (C=O) groups excluding carboxylic acids is 1. The summed E-state index contributed by atoms with van der Waals surface area (Å²) in [5, 5.41) is 16.1. The number of amides is 1. The molecule has 4 aromatic rings. The van der Waals surface area contributed by atoms with Crippen LogP contribution in [0, 0.1) is 0 Å². The fourth-order valence-corrected chi connectivity index (χ4v) is 3.23. The van der Waals surface area contributed by atoms with Crippen molar-refractivity contribution >= 4 is 23.2 Å². The molecule has 0 radical (unpaired) electrons. The predicted octanol–water partition coefficient (Wildman–Crippen LogP) is 3.65. The number of benzene rings is 2. The van der Waals surface area contributed by atoms with Crippen LogP contribution in [0.15, 0.2) is 60.7 Å². The highest BCUT2D eigenvalue weighted by atomic mass is 35.5. The third-order valence-electron chi connectivity index (χ3n) is 4.42. The molecule has 0 atom stereocenters. The molecule has 1 N–H and O–H groups in total. The Morgan fingerprint density at radius 3 is 2.68 bits per heavy atom. The first-order valence-electron chi connectivity index (χ1n) is 9.77. The maximum Gasteiger partial charge on any atom is 0.255 e. The van der Waals surface area contributed by atoms with Gasteiger partial charge in [0, 0.05) is 11.6 Å². The number of hydrogen-bond donors (Lipinski definition) is 1. The molecule has 0 spiro atoms. The standard InChI is InChI=1S/C22H20ClN5O3/c1-2-30-18-10-6-4-8-16(18)22(29)24-13-14-31-20-12-11-19-25-26-21(28(19)27-20)15-7-3-5-9-17(15)23/h3-12H,2,13-14H2,1H3,(H,24,29). The molecule has 2 aromatic heterocycles. The topological polar surface area (TPSA) is 90.6 Å². The lowest BCUT2D eigenvalue weighted by Crippen LogP contribution is -2.28. The lowest BCUT2D eigenvalue weighted by molar-refractivity contribution is 0.0942. The van der Waals surface area contributed by atoms with Gasteiger partial charge in [0.15, 0.2) is 11.5 Å². The van der Waals surface area contributed by atoms with Crippen molar-refractivity contribution in [3.63, 3.8) is 0 Å². The van der Waals surface area contributed by atoms with Crippen LogP contribution in [0.3, 0.4) is 0 Å². The van der Waals surface area contributed by atoms with Crippen LogP contribution >= 0.6 is 11.6 Å². The summed E-state index contributed by atoms with van der Waals surface area (Å²) >= 11 is 6.28. The van der Waals surface area contributed by atoms with Gasteiger partial charge in [0.05, 0.1) is 23.7 Å². The summed E-state index contributed by atoms with van der Waals surface area (Å²) in [5.74, 6) is 1.22. The van der Waals surface area contributed by atoms with E-state index < -0.39 is 0 Å².